The Bertz CT molecular complexity index is 609. The van der Waals surface area contributed by atoms with Crippen LogP contribution in [0.2, 0.25) is 0 Å². The van der Waals surface area contributed by atoms with Crippen LogP contribution in [-0.4, -0.2) is 16.7 Å². The van der Waals surface area contributed by atoms with Gasteiger partial charge in [-0.15, -0.1) is 10.2 Å². The highest BCUT2D eigenvalue weighted by Crippen LogP contribution is 2.28. The Kier molecular flexibility index (Phi) is 3.79. The van der Waals surface area contributed by atoms with Crippen molar-refractivity contribution in [1.82, 2.24) is 10.2 Å². The molecule has 0 saturated heterocycles. The summed E-state index contributed by atoms with van der Waals surface area (Å²) in [6.07, 6.45) is 0. The number of halogens is 1. The fraction of sp³-hybridized carbons (Fsp3) is 0.333. The summed E-state index contributed by atoms with van der Waals surface area (Å²) < 4.78 is 13.2. The lowest BCUT2D eigenvalue weighted by Crippen LogP contribution is -2.06. The number of hydrogen-bond donors (Lipinski definition) is 1. The lowest BCUT2D eigenvalue weighted by Gasteiger charge is -2.13. The van der Waals surface area contributed by atoms with Crippen LogP contribution in [0.5, 0.6) is 0 Å². The van der Waals surface area contributed by atoms with E-state index in [9.17, 15) is 4.39 Å². The van der Waals surface area contributed by atoms with Crippen molar-refractivity contribution in [3.8, 4) is 11.3 Å². The number of nitrogens with one attached hydrogen (secondary N) is 1. The van der Waals surface area contributed by atoms with Crippen LogP contribution in [0.25, 0.3) is 11.3 Å². The topological polar surface area (TPSA) is 37.8 Å². The standard InChI is InChI=1S/C15H18FN3/c1-5-17-15-11(4)10(3)14(18-19-15)13-7-6-12(16)8-9(13)2/h6-8H,5H2,1-4H3,(H,17,19). The van der Waals surface area contributed by atoms with Gasteiger partial charge >= 0.3 is 0 Å². The van der Waals surface area contributed by atoms with E-state index in [1.54, 1.807) is 6.07 Å². The van der Waals surface area contributed by atoms with Gasteiger partial charge in [0, 0.05) is 12.1 Å². The molecule has 0 radical (unpaired) electrons. The predicted octanol–water partition coefficient (Wildman–Crippen LogP) is 3.64. The highest BCUT2D eigenvalue weighted by Gasteiger charge is 2.13. The van der Waals surface area contributed by atoms with Gasteiger partial charge in [-0.1, -0.05) is 0 Å². The summed E-state index contributed by atoms with van der Waals surface area (Å²) in [7, 11) is 0. The molecular weight excluding hydrogens is 241 g/mol. The summed E-state index contributed by atoms with van der Waals surface area (Å²) >= 11 is 0. The minimum absolute atomic E-state index is 0.229. The third-order valence-corrected chi connectivity index (χ3v) is 3.31. The molecular formula is C15H18FN3. The summed E-state index contributed by atoms with van der Waals surface area (Å²) in [6, 6.07) is 4.73. The third kappa shape index (κ3) is 2.57. The summed E-state index contributed by atoms with van der Waals surface area (Å²) in [5.74, 6) is 0.580. The van der Waals surface area contributed by atoms with Crippen molar-refractivity contribution in [2.75, 3.05) is 11.9 Å². The van der Waals surface area contributed by atoms with Crippen LogP contribution >= 0.6 is 0 Å². The minimum Gasteiger partial charge on any atom is -0.369 e. The highest BCUT2D eigenvalue weighted by atomic mass is 19.1. The van der Waals surface area contributed by atoms with Gasteiger partial charge in [0.05, 0.1) is 5.69 Å². The number of hydrogen-bond acceptors (Lipinski definition) is 3. The van der Waals surface area contributed by atoms with Crippen molar-refractivity contribution >= 4 is 5.82 Å². The first-order chi connectivity index (χ1) is 9.04. The molecule has 0 aliphatic rings. The molecule has 1 aromatic heterocycles. The molecule has 1 N–H and O–H groups in total. The molecule has 100 valence electrons. The first-order valence-electron chi connectivity index (χ1n) is 6.38. The van der Waals surface area contributed by atoms with E-state index in [4.69, 9.17) is 0 Å². The summed E-state index contributed by atoms with van der Waals surface area (Å²) in [5, 5.41) is 11.7. The normalized spacial score (nSPS) is 10.6. The summed E-state index contributed by atoms with van der Waals surface area (Å²) in [6.45, 7) is 8.75. The first-order valence-corrected chi connectivity index (χ1v) is 6.38. The molecule has 2 aromatic rings. The van der Waals surface area contributed by atoms with Gasteiger partial charge in [-0.3, -0.25) is 0 Å². The van der Waals surface area contributed by atoms with Crippen molar-refractivity contribution in [2.24, 2.45) is 0 Å². The maximum Gasteiger partial charge on any atom is 0.151 e. The maximum atomic E-state index is 13.2. The van der Waals surface area contributed by atoms with E-state index in [0.29, 0.717) is 0 Å². The minimum atomic E-state index is -0.229. The zero-order valence-corrected chi connectivity index (χ0v) is 11.7. The third-order valence-electron chi connectivity index (χ3n) is 3.31. The van der Waals surface area contributed by atoms with Gasteiger partial charge in [0.1, 0.15) is 5.82 Å². The lowest BCUT2D eigenvalue weighted by atomic mass is 10.00. The van der Waals surface area contributed by atoms with E-state index in [-0.39, 0.29) is 5.82 Å². The second kappa shape index (κ2) is 5.34. The van der Waals surface area contributed by atoms with Crippen molar-refractivity contribution in [3.05, 3.63) is 40.7 Å². The quantitative estimate of drug-likeness (QED) is 0.914. The molecule has 0 saturated carbocycles. The van der Waals surface area contributed by atoms with Crippen molar-refractivity contribution in [2.45, 2.75) is 27.7 Å². The van der Waals surface area contributed by atoms with E-state index in [0.717, 1.165) is 40.3 Å². The SMILES string of the molecule is CCNc1nnc(-c2ccc(F)cc2C)c(C)c1C. The molecule has 19 heavy (non-hydrogen) atoms. The molecule has 0 spiro atoms. The van der Waals surface area contributed by atoms with Gasteiger partial charge in [-0.2, -0.15) is 0 Å². The molecule has 3 nitrogen and oxygen atoms in total. The molecule has 0 aliphatic carbocycles. The average molecular weight is 259 g/mol. The number of rotatable bonds is 3. The van der Waals surface area contributed by atoms with Gasteiger partial charge in [-0.25, -0.2) is 4.39 Å². The second-order valence-electron chi connectivity index (χ2n) is 4.64. The van der Waals surface area contributed by atoms with Crippen LogP contribution in [0.1, 0.15) is 23.6 Å². The molecule has 0 fully saturated rings. The molecule has 0 aliphatic heterocycles. The van der Waals surface area contributed by atoms with Crippen LogP contribution in [0.3, 0.4) is 0 Å². The van der Waals surface area contributed by atoms with Gasteiger partial charge in [-0.05, 0) is 62.6 Å². The Morgan fingerprint density at radius 2 is 1.84 bits per heavy atom. The lowest BCUT2D eigenvalue weighted by molar-refractivity contribution is 0.627. The zero-order chi connectivity index (χ0) is 14.0. The molecule has 0 unspecified atom stereocenters. The smallest absolute Gasteiger partial charge is 0.151 e. The Labute approximate surface area is 112 Å². The number of aromatic nitrogens is 2. The molecule has 1 heterocycles. The Balaban J connectivity index is 2.54. The van der Waals surface area contributed by atoms with Gasteiger partial charge in [0.2, 0.25) is 0 Å². The first kappa shape index (κ1) is 13.5. The molecule has 0 amide bonds. The van der Waals surface area contributed by atoms with E-state index in [1.807, 2.05) is 27.7 Å². The van der Waals surface area contributed by atoms with Crippen LogP contribution < -0.4 is 5.32 Å². The van der Waals surface area contributed by atoms with Crippen LogP contribution in [-0.2, 0) is 0 Å². The van der Waals surface area contributed by atoms with E-state index >= 15 is 0 Å². The molecule has 4 heteroatoms. The number of aryl methyl sites for hydroxylation is 1. The zero-order valence-electron chi connectivity index (χ0n) is 11.7. The largest absolute Gasteiger partial charge is 0.369 e. The fourth-order valence-corrected chi connectivity index (χ4v) is 2.09. The van der Waals surface area contributed by atoms with Gasteiger partial charge in [0.15, 0.2) is 5.82 Å². The average Bonchev–Trinajstić information content (AvgIpc) is 2.37. The Morgan fingerprint density at radius 1 is 1.11 bits per heavy atom. The van der Waals surface area contributed by atoms with Crippen molar-refractivity contribution in [1.29, 1.82) is 0 Å². The fourth-order valence-electron chi connectivity index (χ4n) is 2.09. The molecule has 0 atom stereocenters. The molecule has 2 rings (SSSR count). The second-order valence-corrected chi connectivity index (χ2v) is 4.64. The van der Waals surface area contributed by atoms with Crippen LogP contribution in [0, 0.1) is 26.6 Å². The van der Waals surface area contributed by atoms with Crippen LogP contribution in [0.4, 0.5) is 10.2 Å². The monoisotopic (exact) mass is 259 g/mol. The molecule has 1 aromatic carbocycles. The Morgan fingerprint density at radius 3 is 2.47 bits per heavy atom. The summed E-state index contributed by atoms with van der Waals surface area (Å²) in [4.78, 5) is 0. The Hall–Kier alpha value is -1.97. The van der Waals surface area contributed by atoms with Crippen molar-refractivity contribution in [3.63, 3.8) is 0 Å². The summed E-state index contributed by atoms with van der Waals surface area (Å²) in [5.41, 5.74) is 4.76. The van der Waals surface area contributed by atoms with Crippen LogP contribution in [0.15, 0.2) is 18.2 Å². The van der Waals surface area contributed by atoms with E-state index < -0.39 is 0 Å². The number of benzene rings is 1. The van der Waals surface area contributed by atoms with Gasteiger partial charge < -0.3 is 5.32 Å². The number of nitrogens with zero attached hydrogens (tertiary/aromatic N) is 2. The predicted molar refractivity (Wildman–Crippen MR) is 75.8 cm³/mol. The van der Waals surface area contributed by atoms with Crippen molar-refractivity contribution < 1.29 is 4.39 Å². The van der Waals surface area contributed by atoms with E-state index in [2.05, 4.69) is 15.5 Å². The maximum absolute atomic E-state index is 13.2. The van der Waals surface area contributed by atoms with Gasteiger partial charge in [0.25, 0.3) is 0 Å². The highest BCUT2D eigenvalue weighted by molar-refractivity contribution is 5.69. The van der Waals surface area contributed by atoms with E-state index in [1.165, 1.54) is 12.1 Å². The molecule has 0 bridgehead atoms. The number of anilines is 1.